The number of benzene rings is 7. The molecule has 2 N–H and O–H groups in total. The Balaban J connectivity index is 0.000000163. The Labute approximate surface area is 582 Å². The van der Waals surface area contributed by atoms with E-state index >= 15 is 0 Å². The SMILES string of the molecule is CO.COC(=O)C1(C(=O)Cc2ccc(Oc3ccnc4cc(OC)c(OC)cc34)cc2)CC1.COc1cc2nccc(Oc3ccc(CC(=O)C4(C(=O)Cc5ccc(F)c(C)c5)CC4)cc3)c2cc1OC.COc1cc2nccc(Oc3ccc(CC(=O)C4(C(=O)O)CC4)cc3)c2cc1OC. The molecule has 0 aliphatic heterocycles. The molecule has 13 rings (SSSR count). The predicted octanol–water partition coefficient (Wildman–Crippen LogP) is 13.9. The van der Waals surface area contributed by atoms with Gasteiger partial charge in [0.1, 0.15) is 51.1 Å². The lowest BCUT2D eigenvalue weighted by molar-refractivity contribution is -0.151. The quantitative estimate of drug-likeness (QED) is 0.0376. The summed E-state index contributed by atoms with van der Waals surface area (Å²) >= 11 is 0. The van der Waals surface area contributed by atoms with Crippen LogP contribution < -0.4 is 42.6 Å². The van der Waals surface area contributed by atoms with E-state index in [-0.39, 0.29) is 54.6 Å². The van der Waals surface area contributed by atoms with Gasteiger partial charge in [-0.25, -0.2) is 4.39 Å². The van der Waals surface area contributed by atoms with Crippen LogP contribution in [0.1, 0.15) is 66.3 Å². The second kappa shape index (κ2) is 31.6. The lowest BCUT2D eigenvalue weighted by Gasteiger charge is -2.14. The molecule has 0 spiro atoms. The number of hydrogen-bond acceptors (Lipinski definition) is 20. The lowest BCUT2D eigenvalue weighted by atomic mass is 9.87. The number of ether oxygens (including phenoxy) is 10. The molecule has 0 radical (unpaired) electrons. The first-order valence-corrected chi connectivity index (χ1v) is 32.3. The molecule has 0 saturated heterocycles. The molecule has 3 aliphatic rings. The van der Waals surface area contributed by atoms with Crippen LogP contribution in [-0.2, 0) is 59.2 Å². The van der Waals surface area contributed by atoms with Crippen LogP contribution in [0.15, 0.2) is 164 Å². The number of aliphatic hydroxyl groups is 1. The zero-order valence-corrected chi connectivity index (χ0v) is 57.3. The number of aliphatic hydroxyl groups excluding tert-OH is 1. The zero-order valence-electron chi connectivity index (χ0n) is 57.3. The maximum absolute atomic E-state index is 13.6. The number of nitrogens with zero attached hydrogens (tertiary/aromatic N) is 3. The van der Waals surface area contributed by atoms with Crippen LogP contribution in [-0.4, -0.2) is 117 Å². The molecule has 0 unspecified atom stereocenters. The molecule has 3 aromatic heterocycles. The smallest absolute Gasteiger partial charge is 0.319 e. The van der Waals surface area contributed by atoms with Crippen molar-refractivity contribution in [2.45, 2.75) is 71.1 Å². The van der Waals surface area contributed by atoms with E-state index < -0.39 is 28.2 Å². The summed E-state index contributed by atoms with van der Waals surface area (Å²) in [5.74, 6) is 4.86. The molecular weight excluding hydrogens is 1300 g/mol. The van der Waals surface area contributed by atoms with Gasteiger partial charge in [-0.1, -0.05) is 48.5 Å². The van der Waals surface area contributed by atoms with Crippen molar-refractivity contribution in [3.63, 3.8) is 0 Å². The molecule has 0 bridgehead atoms. The largest absolute Gasteiger partial charge is 0.493 e. The fourth-order valence-corrected chi connectivity index (χ4v) is 11.7. The van der Waals surface area contributed by atoms with E-state index in [1.807, 2.05) is 42.5 Å². The summed E-state index contributed by atoms with van der Waals surface area (Å²) in [6, 6.07) is 42.4. The van der Waals surface area contributed by atoms with Gasteiger partial charge < -0.3 is 57.6 Å². The van der Waals surface area contributed by atoms with Crippen molar-refractivity contribution in [3.8, 4) is 69.0 Å². The monoisotopic (exact) mass is 1370 g/mol. The van der Waals surface area contributed by atoms with Gasteiger partial charge in [0.15, 0.2) is 57.6 Å². The number of aliphatic carboxylic acids is 1. The average Bonchev–Trinajstić information content (AvgIpc) is 1.66. The Kier molecular flexibility index (Phi) is 22.6. The van der Waals surface area contributed by atoms with E-state index in [1.54, 1.807) is 165 Å². The molecule has 0 atom stereocenters. The Bertz CT molecular complexity index is 4720. The van der Waals surface area contributed by atoms with Gasteiger partial charge >= 0.3 is 11.9 Å². The third-order valence-corrected chi connectivity index (χ3v) is 18.1. The Hall–Kier alpha value is -11.5. The van der Waals surface area contributed by atoms with Gasteiger partial charge in [-0.05, 0) is 152 Å². The molecule has 3 aliphatic carbocycles. The normalized spacial score (nSPS) is 13.7. The first-order chi connectivity index (χ1) is 48.8. The second-order valence-corrected chi connectivity index (χ2v) is 24.4. The fraction of sp³-hybridized carbons (Fsp3) is 0.278. The summed E-state index contributed by atoms with van der Waals surface area (Å²) in [5, 5.41) is 18.6. The number of rotatable bonds is 26. The highest BCUT2D eigenvalue weighted by Crippen LogP contribution is 2.51. The summed E-state index contributed by atoms with van der Waals surface area (Å²) in [7, 11) is 11.7. The van der Waals surface area contributed by atoms with Crippen molar-refractivity contribution in [2.75, 3.05) is 56.9 Å². The van der Waals surface area contributed by atoms with E-state index in [0.29, 0.717) is 124 Å². The predicted molar refractivity (Wildman–Crippen MR) is 373 cm³/mol. The Morgan fingerprint density at radius 1 is 0.376 bits per heavy atom. The molecule has 3 heterocycles. The van der Waals surface area contributed by atoms with Crippen LogP contribution >= 0.6 is 0 Å². The minimum absolute atomic E-state index is 0.0730. The minimum atomic E-state index is -1.18. The number of aryl methyl sites for hydroxylation is 1. The molecule has 3 saturated carbocycles. The summed E-state index contributed by atoms with van der Waals surface area (Å²) < 4.78 is 68.8. The summed E-state index contributed by atoms with van der Waals surface area (Å²) in [5.41, 5.74) is 2.69. The number of halogens is 1. The summed E-state index contributed by atoms with van der Waals surface area (Å²) in [6.07, 6.45) is 8.66. The number of carboxylic acids is 1. The molecular formula is C79H76FN3O18. The van der Waals surface area contributed by atoms with Gasteiger partial charge in [-0.2, -0.15) is 0 Å². The average molecular weight is 1370 g/mol. The van der Waals surface area contributed by atoms with Gasteiger partial charge in [0.2, 0.25) is 0 Å². The number of carbonyl (C=O) groups excluding carboxylic acids is 5. The minimum Gasteiger partial charge on any atom is -0.493 e. The van der Waals surface area contributed by atoms with Crippen molar-refractivity contribution >= 4 is 67.8 Å². The maximum Gasteiger partial charge on any atom is 0.319 e. The highest BCUT2D eigenvalue weighted by Gasteiger charge is 2.58. The number of Topliss-reactive ketones (excluding diaryl/α,β-unsaturated/α-hetero) is 4. The van der Waals surface area contributed by atoms with Gasteiger partial charge in [-0.3, -0.25) is 43.7 Å². The third kappa shape index (κ3) is 16.1. The number of hydrogen-bond donors (Lipinski definition) is 2. The number of aromatic nitrogens is 3. The third-order valence-electron chi connectivity index (χ3n) is 18.1. The lowest BCUT2D eigenvalue weighted by Crippen LogP contribution is -2.28. The Morgan fingerprint density at radius 2 is 0.663 bits per heavy atom. The molecule has 522 valence electrons. The van der Waals surface area contributed by atoms with Gasteiger partial charge in [0, 0.05) is 85.7 Å². The molecule has 101 heavy (non-hydrogen) atoms. The molecule has 3 fully saturated rings. The van der Waals surface area contributed by atoms with Crippen molar-refractivity contribution in [2.24, 2.45) is 16.2 Å². The number of carbonyl (C=O) groups is 6. The number of methoxy groups -OCH3 is 7. The molecule has 7 aromatic carbocycles. The molecule has 21 nitrogen and oxygen atoms in total. The van der Waals surface area contributed by atoms with E-state index in [1.165, 1.54) is 13.2 Å². The second-order valence-electron chi connectivity index (χ2n) is 24.4. The Morgan fingerprint density at radius 3 is 0.950 bits per heavy atom. The van der Waals surface area contributed by atoms with Crippen LogP contribution in [0.3, 0.4) is 0 Å². The van der Waals surface area contributed by atoms with Gasteiger partial charge in [0.25, 0.3) is 0 Å². The van der Waals surface area contributed by atoms with Crippen LogP contribution in [0.4, 0.5) is 4.39 Å². The van der Waals surface area contributed by atoms with E-state index in [9.17, 15) is 38.3 Å². The van der Waals surface area contributed by atoms with Crippen LogP contribution in [0.2, 0.25) is 0 Å². The highest BCUT2D eigenvalue weighted by molar-refractivity contribution is 6.11. The van der Waals surface area contributed by atoms with Crippen LogP contribution in [0, 0.1) is 29.0 Å². The topological polar surface area (TPSA) is 274 Å². The molecule has 10 aromatic rings. The van der Waals surface area contributed by atoms with E-state index in [2.05, 4.69) is 15.0 Å². The first kappa shape index (κ1) is 72.2. The maximum atomic E-state index is 13.6. The van der Waals surface area contributed by atoms with Gasteiger partial charge in [-0.15, -0.1) is 0 Å². The van der Waals surface area contributed by atoms with E-state index in [4.69, 9.17) is 52.5 Å². The molecule has 22 heteroatoms. The number of ketones is 4. The van der Waals surface area contributed by atoms with E-state index in [0.717, 1.165) is 51.0 Å². The fourth-order valence-electron chi connectivity index (χ4n) is 11.7. The zero-order chi connectivity index (χ0) is 72.2. The molecule has 0 amide bonds. The number of pyridine rings is 3. The van der Waals surface area contributed by atoms with Crippen LogP contribution in [0.25, 0.3) is 32.7 Å². The van der Waals surface area contributed by atoms with Gasteiger partial charge in [0.05, 0.1) is 71.7 Å². The van der Waals surface area contributed by atoms with Crippen molar-refractivity contribution in [3.05, 3.63) is 198 Å². The summed E-state index contributed by atoms with van der Waals surface area (Å²) in [4.78, 5) is 87.4. The van der Waals surface area contributed by atoms with Crippen molar-refractivity contribution in [1.82, 2.24) is 15.0 Å². The van der Waals surface area contributed by atoms with Crippen molar-refractivity contribution < 1.29 is 90.7 Å². The number of esters is 1. The standard InChI is InChI=1S/C31H28FNO5.C24H23NO6.C23H21NO6.CH4O/c1-19-14-21(6-9-24(19)32)16-30(35)31(11-12-31)29(34)15-20-4-7-22(8-5-20)38-26-10-13-33-25-18-28(37-3)27(36-2)17-23(25)26;1-28-20-13-17-18(14-21(20)29-2)25-11-8-19(17)31-16-6-4-15(5-7-16)12-22(26)24(9-10-24)23(27)30-3;1-28-19-12-16-17(13-20(19)29-2)24-10-7-18(16)30-15-5-3-14(4-6-15)11-21(25)23(8-9-23)22(26)27;1-2/h4-10,13-14,17-18H,11-12,15-16H2,1-3H3;4-8,11,13-14H,9-10,12H2,1-3H3;3-7,10,12-13H,8-9,11H2,1-2H3,(H,26,27);2H,1H3. The highest BCUT2D eigenvalue weighted by atomic mass is 19.1. The summed E-state index contributed by atoms with van der Waals surface area (Å²) in [6.45, 7) is 1.67. The first-order valence-electron chi connectivity index (χ1n) is 32.3. The van der Waals surface area contributed by atoms with Crippen LogP contribution in [0.5, 0.6) is 69.0 Å². The van der Waals surface area contributed by atoms with Crippen molar-refractivity contribution in [1.29, 1.82) is 0 Å². The number of carboxylic acid groups (broad SMARTS) is 1. The number of fused-ring (bicyclic) bond motifs is 3.